The zero-order chi connectivity index (χ0) is 18.1. The molecule has 25 heavy (non-hydrogen) atoms. The Hall–Kier alpha value is -2.04. The van der Waals surface area contributed by atoms with E-state index in [1.54, 1.807) is 12.1 Å². The van der Waals surface area contributed by atoms with Gasteiger partial charge in [-0.05, 0) is 49.4 Å². The molecule has 5 heteroatoms. The number of ether oxygens (including phenoxy) is 1. The summed E-state index contributed by atoms with van der Waals surface area (Å²) in [5.41, 5.74) is 0.595. The van der Waals surface area contributed by atoms with Crippen molar-refractivity contribution in [3.63, 3.8) is 0 Å². The fourth-order valence-electron chi connectivity index (χ4n) is 3.13. The highest BCUT2D eigenvalue weighted by Gasteiger charge is 2.25. The minimum atomic E-state index is -0.616. The van der Waals surface area contributed by atoms with Crippen molar-refractivity contribution in [3.8, 4) is 5.75 Å². The molecule has 1 saturated carbocycles. The molecule has 1 fully saturated rings. The smallest absolute Gasteiger partial charge is 0.313 e. The van der Waals surface area contributed by atoms with Crippen molar-refractivity contribution in [1.82, 2.24) is 5.32 Å². The van der Waals surface area contributed by atoms with E-state index < -0.39 is 11.8 Å². The molecule has 0 aromatic heterocycles. The van der Waals surface area contributed by atoms with Crippen LogP contribution in [0.4, 0.5) is 5.69 Å². The van der Waals surface area contributed by atoms with Crippen molar-refractivity contribution in [2.24, 2.45) is 5.92 Å². The van der Waals surface area contributed by atoms with Crippen LogP contribution in [0.15, 0.2) is 24.3 Å². The molecule has 2 N–H and O–H groups in total. The molecule has 0 aliphatic heterocycles. The van der Waals surface area contributed by atoms with E-state index >= 15 is 0 Å². The maximum absolute atomic E-state index is 12.1. The summed E-state index contributed by atoms with van der Waals surface area (Å²) in [5.74, 6) is 0.0252. The highest BCUT2D eigenvalue weighted by atomic mass is 16.5. The standard InChI is InChI=1S/C20H30N2O3/c1-3-4-7-14-25-17-12-10-16(11-13-17)21-19(23)20(24)22-18-9-6-5-8-15(18)2/h10-13,15,18H,3-9,14H2,1-2H3,(H,21,23)(H,22,24)/t15-,18-/m1/s1. The van der Waals surface area contributed by atoms with Gasteiger partial charge in [0.05, 0.1) is 6.61 Å². The van der Waals surface area contributed by atoms with Crippen molar-refractivity contribution in [2.45, 2.75) is 64.8 Å². The van der Waals surface area contributed by atoms with Gasteiger partial charge in [-0.2, -0.15) is 0 Å². The molecule has 1 aliphatic rings. The molecule has 0 spiro atoms. The second kappa shape index (κ2) is 10.1. The number of hydrogen-bond acceptors (Lipinski definition) is 3. The first-order chi connectivity index (χ1) is 12.1. The van der Waals surface area contributed by atoms with Gasteiger partial charge >= 0.3 is 11.8 Å². The quantitative estimate of drug-likeness (QED) is 0.581. The summed E-state index contributed by atoms with van der Waals surface area (Å²) in [7, 11) is 0. The summed E-state index contributed by atoms with van der Waals surface area (Å²) in [6.07, 6.45) is 7.72. The average molecular weight is 346 g/mol. The molecule has 138 valence electrons. The number of benzene rings is 1. The number of carbonyl (C=O) groups excluding carboxylic acids is 2. The van der Waals surface area contributed by atoms with Crippen LogP contribution >= 0.6 is 0 Å². The first-order valence-corrected chi connectivity index (χ1v) is 9.45. The minimum Gasteiger partial charge on any atom is -0.494 e. The van der Waals surface area contributed by atoms with Crippen LogP contribution in [0.1, 0.15) is 58.8 Å². The molecule has 2 amide bonds. The molecule has 1 aromatic rings. The van der Waals surface area contributed by atoms with Crippen LogP contribution in [0.3, 0.4) is 0 Å². The van der Waals surface area contributed by atoms with Gasteiger partial charge < -0.3 is 15.4 Å². The lowest BCUT2D eigenvalue weighted by Gasteiger charge is -2.29. The molecule has 5 nitrogen and oxygen atoms in total. The molecule has 2 atom stereocenters. The molecule has 0 unspecified atom stereocenters. The summed E-state index contributed by atoms with van der Waals surface area (Å²) in [6, 6.07) is 7.23. The molecule has 0 saturated heterocycles. The highest BCUT2D eigenvalue weighted by molar-refractivity contribution is 6.39. The van der Waals surface area contributed by atoms with E-state index in [0.29, 0.717) is 18.2 Å². The molecule has 1 aliphatic carbocycles. The van der Waals surface area contributed by atoms with Crippen LogP contribution in [0.25, 0.3) is 0 Å². The number of nitrogens with one attached hydrogen (secondary N) is 2. The van der Waals surface area contributed by atoms with Gasteiger partial charge in [0, 0.05) is 11.7 Å². The summed E-state index contributed by atoms with van der Waals surface area (Å²) in [4.78, 5) is 24.2. The van der Waals surface area contributed by atoms with Crippen molar-refractivity contribution >= 4 is 17.5 Å². The number of unbranched alkanes of at least 4 members (excludes halogenated alkanes) is 2. The second-order valence-corrected chi connectivity index (χ2v) is 6.88. The Morgan fingerprint density at radius 3 is 2.48 bits per heavy atom. The fraction of sp³-hybridized carbons (Fsp3) is 0.600. The molecular formula is C20H30N2O3. The summed E-state index contributed by atoms with van der Waals surface area (Å²) >= 11 is 0. The van der Waals surface area contributed by atoms with Gasteiger partial charge in [0.15, 0.2) is 0 Å². The third-order valence-corrected chi connectivity index (χ3v) is 4.76. The lowest BCUT2D eigenvalue weighted by atomic mass is 9.86. The Morgan fingerprint density at radius 1 is 1.08 bits per heavy atom. The van der Waals surface area contributed by atoms with Gasteiger partial charge in [-0.1, -0.05) is 39.5 Å². The summed E-state index contributed by atoms with van der Waals surface area (Å²) < 4.78 is 5.64. The molecule has 2 rings (SSSR count). The third-order valence-electron chi connectivity index (χ3n) is 4.76. The Bertz CT molecular complexity index is 557. The van der Waals surface area contributed by atoms with E-state index in [1.807, 2.05) is 12.1 Å². The lowest BCUT2D eigenvalue weighted by molar-refractivity contribution is -0.137. The van der Waals surface area contributed by atoms with Gasteiger partial charge in [0.1, 0.15) is 5.75 Å². The van der Waals surface area contributed by atoms with E-state index in [-0.39, 0.29) is 6.04 Å². The predicted octanol–water partition coefficient (Wildman–Crippen LogP) is 3.89. The zero-order valence-electron chi connectivity index (χ0n) is 15.3. The molecule has 0 radical (unpaired) electrons. The summed E-state index contributed by atoms with van der Waals surface area (Å²) in [5, 5.41) is 5.51. The third kappa shape index (κ3) is 6.40. The van der Waals surface area contributed by atoms with Crippen LogP contribution in [0.2, 0.25) is 0 Å². The Morgan fingerprint density at radius 2 is 1.80 bits per heavy atom. The molecular weight excluding hydrogens is 316 g/mol. The Kier molecular flexibility index (Phi) is 7.76. The van der Waals surface area contributed by atoms with Gasteiger partial charge in [-0.3, -0.25) is 9.59 Å². The van der Waals surface area contributed by atoms with Gasteiger partial charge in [0.25, 0.3) is 0 Å². The predicted molar refractivity (Wildman–Crippen MR) is 99.7 cm³/mol. The first-order valence-electron chi connectivity index (χ1n) is 9.45. The van der Waals surface area contributed by atoms with Crippen LogP contribution in [-0.2, 0) is 9.59 Å². The largest absolute Gasteiger partial charge is 0.494 e. The van der Waals surface area contributed by atoms with Gasteiger partial charge in [0.2, 0.25) is 0 Å². The van der Waals surface area contributed by atoms with E-state index in [9.17, 15) is 9.59 Å². The SMILES string of the molecule is CCCCCOc1ccc(NC(=O)C(=O)N[C@@H]2CCCC[C@H]2C)cc1. The average Bonchev–Trinajstić information content (AvgIpc) is 2.62. The molecule has 0 bridgehead atoms. The second-order valence-electron chi connectivity index (χ2n) is 6.88. The van der Waals surface area contributed by atoms with Crippen LogP contribution < -0.4 is 15.4 Å². The van der Waals surface area contributed by atoms with E-state index in [0.717, 1.165) is 44.3 Å². The highest BCUT2D eigenvalue weighted by Crippen LogP contribution is 2.23. The molecule has 0 heterocycles. The normalized spacial score (nSPS) is 19.9. The minimum absolute atomic E-state index is 0.103. The van der Waals surface area contributed by atoms with E-state index in [2.05, 4.69) is 24.5 Å². The number of amides is 2. The lowest BCUT2D eigenvalue weighted by Crippen LogP contribution is -2.45. The zero-order valence-corrected chi connectivity index (χ0v) is 15.3. The number of hydrogen-bond donors (Lipinski definition) is 2. The maximum Gasteiger partial charge on any atom is 0.313 e. The van der Waals surface area contributed by atoms with Gasteiger partial charge in [-0.25, -0.2) is 0 Å². The van der Waals surface area contributed by atoms with Crippen LogP contribution in [0, 0.1) is 5.92 Å². The monoisotopic (exact) mass is 346 g/mol. The Labute approximate surface area is 150 Å². The van der Waals surface area contributed by atoms with Crippen molar-refractivity contribution in [1.29, 1.82) is 0 Å². The van der Waals surface area contributed by atoms with Crippen molar-refractivity contribution in [3.05, 3.63) is 24.3 Å². The number of carbonyl (C=O) groups is 2. The molecule has 1 aromatic carbocycles. The van der Waals surface area contributed by atoms with Gasteiger partial charge in [-0.15, -0.1) is 0 Å². The van der Waals surface area contributed by atoms with E-state index in [1.165, 1.54) is 6.42 Å². The number of anilines is 1. The van der Waals surface area contributed by atoms with Crippen molar-refractivity contribution < 1.29 is 14.3 Å². The summed E-state index contributed by atoms with van der Waals surface area (Å²) in [6.45, 7) is 4.98. The number of rotatable bonds is 7. The van der Waals surface area contributed by atoms with Crippen LogP contribution in [-0.4, -0.2) is 24.5 Å². The maximum atomic E-state index is 12.1. The fourth-order valence-corrected chi connectivity index (χ4v) is 3.13. The van der Waals surface area contributed by atoms with E-state index in [4.69, 9.17) is 4.74 Å². The Balaban J connectivity index is 1.78. The van der Waals surface area contributed by atoms with Crippen LogP contribution in [0.5, 0.6) is 5.75 Å². The first kappa shape index (κ1) is 19.3. The van der Waals surface area contributed by atoms with Crippen molar-refractivity contribution in [2.75, 3.05) is 11.9 Å². The topological polar surface area (TPSA) is 67.4 Å².